The molecule has 0 bridgehead atoms. The van der Waals surface area contributed by atoms with Gasteiger partial charge >= 0.3 is 0 Å². The van der Waals surface area contributed by atoms with Crippen molar-refractivity contribution < 1.29 is 23.2 Å². The quantitative estimate of drug-likeness (QED) is 0.239. The summed E-state index contributed by atoms with van der Waals surface area (Å²) >= 11 is 24.6. The second-order valence-electron chi connectivity index (χ2n) is 6.08. The third-order valence-electron chi connectivity index (χ3n) is 4.38. The number of benzene rings is 3. The van der Waals surface area contributed by atoms with Crippen molar-refractivity contribution >= 4 is 56.5 Å². The predicted molar refractivity (Wildman–Crippen MR) is 114 cm³/mol. The van der Waals surface area contributed by atoms with E-state index >= 15 is 0 Å². The lowest BCUT2D eigenvalue weighted by Crippen LogP contribution is -2.39. The highest BCUT2D eigenvalue weighted by Crippen LogP contribution is 2.53. The molecule has 10 heteroatoms. The molecule has 0 heterocycles. The predicted octanol–water partition coefficient (Wildman–Crippen LogP) is 5.89. The number of aromatic hydroxyl groups is 2. The molecule has 1 atom stereocenters. The maximum atomic E-state index is 13.0. The van der Waals surface area contributed by atoms with Gasteiger partial charge in [0.15, 0.2) is 16.2 Å². The minimum Gasteiger partial charge on any atom is -0.504 e. The summed E-state index contributed by atoms with van der Waals surface area (Å²) < 4.78 is 33.9. The van der Waals surface area contributed by atoms with E-state index in [1.54, 1.807) is 6.07 Å². The zero-order valence-corrected chi connectivity index (χ0v) is 18.1. The second-order valence-corrected chi connectivity index (χ2v) is 9.33. The summed E-state index contributed by atoms with van der Waals surface area (Å²) in [6, 6.07) is 11.8. The van der Waals surface area contributed by atoms with Crippen molar-refractivity contribution in [3.8, 4) is 11.5 Å². The Morgan fingerprint density at radius 3 is 1.93 bits per heavy atom. The van der Waals surface area contributed by atoms with E-state index in [1.165, 1.54) is 36.4 Å². The Morgan fingerprint density at radius 2 is 1.34 bits per heavy atom. The number of phenols is 2. The molecule has 0 spiro atoms. The summed E-state index contributed by atoms with van der Waals surface area (Å²) in [5, 5.41) is 20.6. The maximum Gasteiger partial charge on any atom is 0.283 e. The van der Waals surface area contributed by atoms with E-state index < -0.39 is 31.9 Å². The fourth-order valence-corrected chi connectivity index (χ4v) is 5.72. The number of phenolic OH excluding ortho intramolecular Hbond substituents is 2. The molecule has 3 rings (SSSR count). The zero-order chi connectivity index (χ0) is 21.6. The summed E-state index contributed by atoms with van der Waals surface area (Å²) in [5.74, 6) is -1.52. The Labute approximate surface area is 186 Å². The van der Waals surface area contributed by atoms with Gasteiger partial charge in [-0.3, -0.25) is 4.55 Å². The van der Waals surface area contributed by atoms with Crippen LogP contribution >= 0.6 is 46.4 Å². The first-order valence-corrected chi connectivity index (χ1v) is 10.8. The van der Waals surface area contributed by atoms with E-state index in [0.29, 0.717) is 0 Å². The van der Waals surface area contributed by atoms with Crippen LogP contribution in [0.25, 0.3) is 0 Å². The normalized spacial score (nSPS) is 13.8. The highest BCUT2D eigenvalue weighted by Gasteiger charge is 2.52. The lowest BCUT2D eigenvalue weighted by molar-refractivity contribution is 0.394. The number of halogens is 4. The molecule has 3 aromatic carbocycles. The SMILES string of the molecule is O=S(=O)(O)C(c1ccccc1Cl)(c1ccc(Cl)cc1Cl)c1cc(Cl)cc(O)c1O. The van der Waals surface area contributed by atoms with Gasteiger partial charge in [0.05, 0.1) is 0 Å². The van der Waals surface area contributed by atoms with Crippen molar-refractivity contribution in [2.45, 2.75) is 4.75 Å². The molecule has 3 aromatic rings. The molecule has 1 unspecified atom stereocenters. The first kappa shape index (κ1) is 22.0. The minimum absolute atomic E-state index is 0.0463. The fraction of sp³-hybridized carbons (Fsp3) is 0.0526. The van der Waals surface area contributed by atoms with Gasteiger partial charge in [-0.1, -0.05) is 70.7 Å². The molecular weight excluding hydrogens is 482 g/mol. The molecule has 29 heavy (non-hydrogen) atoms. The molecule has 0 aliphatic heterocycles. The lowest BCUT2D eigenvalue weighted by atomic mass is 9.83. The second kappa shape index (κ2) is 7.87. The highest BCUT2D eigenvalue weighted by molar-refractivity contribution is 7.87. The van der Waals surface area contributed by atoms with Gasteiger partial charge in [-0.15, -0.1) is 0 Å². The van der Waals surface area contributed by atoms with E-state index in [-0.39, 0.29) is 31.2 Å². The van der Waals surface area contributed by atoms with Crippen molar-refractivity contribution in [3.63, 3.8) is 0 Å². The monoisotopic (exact) mass is 492 g/mol. The van der Waals surface area contributed by atoms with Gasteiger partial charge in [0.2, 0.25) is 0 Å². The van der Waals surface area contributed by atoms with Crippen LogP contribution in [0.4, 0.5) is 0 Å². The average molecular weight is 494 g/mol. The Bertz CT molecular complexity index is 1210. The molecule has 0 radical (unpaired) electrons. The van der Waals surface area contributed by atoms with Crippen LogP contribution in [0.3, 0.4) is 0 Å². The Morgan fingerprint density at radius 1 is 0.724 bits per heavy atom. The zero-order valence-electron chi connectivity index (χ0n) is 14.3. The largest absolute Gasteiger partial charge is 0.504 e. The van der Waals surface area contributed by atoms with Crippen LogP contribution in [0.15, 0.2) is 54.6 Å². The summed E-state index contributed by atoms with van der Waals surface area (Å²) in [6.07, 6.45) is 0. The molecule has 0 amide bonds. The molecule has 152 valence electrons. The van der Waals surface area contributed by atoms with Crippen LogP contribution in [0.1, 0.15) is 16.7 Å². The maximum absolute atomic E-state index is 13.0. The van der Waals surface area contributed by atoms with Gasteiger partial charge < -0.3 is 10.2 Å². The molecule has 0 aliphatic rings. The van der Waals surface area contributed by atoms with Gasteiger partial charge in [-0.2, -0.15) is 8.42 Å². The fourth-order valence-electron chi connectivity index (χ4n) is 3.23. The summed E-state index contributed by atoms with van der Waals surface area (Å²) in [7, 11) is -5.14. The van der Waals surface area contributed by atoms with Gasteiger partial charge in [0.25, 0.3) is 10.1 Å². The van der Waals surface area contributed by atoms with Crippen LogP contribution in [0.2, 0.25) is 20.1 Å². The summed E-state index contributed by atoms with van der Waals surface area (Å²) in [4.78, 5) is 0. The van der Waals surface area contributed by atoms with Crippen LogP contribution in [-0.2, 0) is 14.9 Å². The molecule has 0 aliphatic carbocycles. The molecule has 0 saturated carbocycles. The van der Waals surface area contributed by atoms with Crippen LogP contribution < -0.4 is 0 Å². The first-order chi connectivity index (χ1) is 13.5. The molecule has 0 fully saturated rings. The van der Waals surface area contributed by atoms with Gasteiger partial charge in [-0.05, 0) is 24.3 Å². The molecule has 3 N–H and O–H groups in total. The molecule has 0 aromatic heterocycles. The van der Waals surface area contributed by atoms with Crippen molar-refractivity contribution in [1.82, 2.24) is 0 Å². The lowest BCUT2D eigenvalue weighted by Gasteiger charge is -2.34. The summed E-state index contributed by atoms with van der Waals surface area (Å²) in [5.41, 5.74) is -0.719. The van der Waals surface area contributed by atoms with Crippen LogP contribution in [0.5, 0.6) is 11.5 Å². The number of hydrogen-bond acceptors (Lipinski definition) is 4. The van der Waals surface area contributed by atoms with Crippen molar-refractivity contribution in [2.24, 2.45) is 0 Å². The third kappa shape index (κ3) is 3.65. The van der Waals surface area contributed by atoms with Crippen molar-refractivity contribution in [3.05, 3.63) is 91.4 Å². The first-order valence-electron chi connectivity index (χ1n) is 7.89. The van der Waals surface area contributed by atoms with E-state index in [0.717, 1.165) is 12.1 Å². The average Bonchev–Trinajstić information content (AvgIpc) is 2.61. The Kier molecular flexibility index (Phi) is 5.98. The van der Waals surface area contributed by atoms with E-state index in [1.807, 2.05) is 0 Å². The van der Waals surface area contributed by atoms with Gasteiger partial charge in [0.1, 0.15) is 0 Å². The number of rotatable bonds is 4. The standard InChI is InChI=1S/C19H12Cl4O5S/c20-10-5-6-13(16(23)8-10)19(29(26,27)28,12-3-1-2-4-15(12)22)14-7-11(21)9-17(24)18(14)25/h1-9,24-25H,(H,26,27,28). The topological polar surface area (TPSA) is 94.8 Å². The number of hydrogen-bond donors (Lipinski definition) is 3. The smallest absolute Gasteiger partial charge is 0.283 e. The Hall–Kier alpha value is -1.67. The molecular formula is C19H12Cl4O5S. The molecule has 5 nitrogen and oxygen atoms in total. The Balaban J connectivity index is 2.66. The van der Waals surface area contributed by atoms with E-state index in [2.05, 4.69) is 0 Å². The van der Waals surface area contributed by atoms with Crippen molar-refractivity contribution in [1.29, 1.82) is 0 Å². The van der Waals surface area contributed by atoms with Crippen LogP contribution in [-0.4, -0.2) is 23.2 Å². The van der Waals surface area contributed by atoms with Gasteiger partial charge in [0, 0.05) is 42.8 Å². The summed E-state index contributed by atoms with van der Waals surface area (Å²) in [6.45, 7) is 0. The van der Waals surface area contributed by atoms with E-state index in [4.69, 9.17) is 46.4 Å². The minimum atomic E-state index is -5.14. The van der Waals surface area contributed by atoms with Crippen molar-refractivity contribution in [2.75, 3.05) is 0 Å². The van der Waals surface area contributed by atoms with Crippen LogP contribution in [0, 0.1) is 0 Å². The third-order valence-corrected chi connectivity index (χ3v) is 6.91. The van der Waals surface area contributed by atoms with E-state index in [9.17, 15) is 23.2 Å². The van der Waals surface area contributed by atoms with Gasteiger partial charge in [-0.25, -0.2) is 0 Å². The molecule has 0 saturated heterocycles. The highest BCUT2D eigenvalue weighted by atomic mass is 35.5.